The van der Waals surface area contributed by atoms with Crippen molar-refractivity contribution >= 4 is 29.9 Å². The van der Waals surface area contributed by atoms with Crippen molar-refractivity contribution in [2.75, 3.05) is 19.6 Å². The smallest absolute Gasteiger partial charge is 0.387 e. The first-order valence-corrected chi connectivity index (χ1v) is 9.36. The quantitative estimate of drug-likeness (QED) is 0.179. The van der Waals surface area contributed by atoms with Crippen molar-refractivity contribution in [3.63, 3.8) is 0 Å². The Labute approximate surface area is 186 Å². The van der Waals surface area contributed by atoms with Crippen LogP contribution in [-0.4, -0.2) is 37.3 Å². The van der Waals surface area contributed by atoms with Gasteiger partial charge in [-0.3, -0.25) is 4.99 Å². The number of furan rings is 1. The highest BCUT2D eigenvalue weighted by molar-refractivity contribution is 14.0. The van der Waals surface area contributed by atoms with Gasteiger partial charge in [0.2, 0.25) is 0 Å². The van der Waals surface area contributed by atoms with E-state index < -0.39 is 12.7 Å². The lowest BCUT2D eigenvalue weighted by Crippen LogP contribution is -2.39. The number of aliphatic imine (C=N–C) groups is 1. The number of unbranched alkanes of at least 4 members (excludes halogenated alkanes) is 1. The van der Waals surface area contributed by atoms with Gasteiger partial charge in [-0.05, 0) is 36.2 Å². The molecule has 0 fully saturated rings. The maximum atomic E-state index is 12.2. The zero-order valence-corrected chi connectivity index (χ0v) is 18.6. The van der Waals surface area contributed by atoms with E-state index in [0.717, 1.165) is 31.6 Å². The molecule has 9 heteroatoms. The van der Waals surface area contributed by atoms with E-state index in [-0.39, 0.29) is 36.3 Å². The predicted octanol–water partition coefficient (Wildman–Crippen LogP) is 4.11. The molecule has 0 spiro atoms. The number of hydrogen-bond donors (Lipinski definition) is 3. The number of aliphatic hydroxyl groups excluding tert-OH is 1. The van der Waals surface area contributed by atoms with Crippen LogP contribution in [0.15, 0.2) is 52.1 Å². The van der Waals surface area contributed by atoms with Crippen molar-refractivity contribution in [2.45, 2.75) is 38.9 Å². The Hall–Kier alpha value is -1.88. The van der Waals surface area contributed by atoms with E-state index in [1.165, 1.54) is 12.1 Å². The molecule has 0 bridgehead atoms. The Morgan fingerprint density at radius 1 is 1.17 bits per heavy atom. The van der Waals surface area contributed by atoms with Crippen LogP contribution in [0.1, 0.15) is 37.2 Å². The molecule has 0 radical (unpaired) electrons. The topological polar surface area (TPSA) is 79.0 Å². The summed E-state index contributed by atoms with van der Waals surface area (Å²) in [7, 11) is 0. The second kappa shape index (κ2) is 14.2. The molecule has 1 aromatic carbocycles. The highest BCUT2D eigenvalue weighted by atomic mass is 127. The molecule has 29 heavy (non-hydrogen) atoms. The molecule has 6 nitrogen and oxygen atoms in total. The van der Waals surface area contributed by atoms with E-state index in [0.29, 0.717) is 18.1 Å². The number of hydrogen-bond acceptors (Lipinski definition) is 4. The maximum Gasteiger partial charge on any atom is 0.387 e. The second-order valence-electron chi connectivity index (χ2n) is 6.19. The number of guanidine groups is 1. The summed E-state index contributed by atoms with van der Waals surface area (Å²) in [4.78, 5) is 4.42. The van der Waals surface area contributed by atoms with Gasteiger partial charge in [-0.2, -0.15) is 8.78 Å². The standard InChI is InChI=1S/C20H27F2N3O3.HI/c1-2-3-11-23-20(24-12-10-16-5-4-13-27-16)25-14-18(26)15-6-8-17(9-7-15)28-19(21)22;/h4-9,13,18-19,26H,2-3,10-12,14H2,1H3,(H2,23,24,25);1H. The van der Waals surface area contributed by atoms with Crippen LogP contribution in [0.5, 0.6) is 5.75 Å². The van der Waals surface area contributed by atoms with E-state index in [1.807, 2.05) is 12.1 Å². The summed E-state index contributed by atoms with van der Waals surface area (Å²) in [5.74, 6) is 1.54. The lowest BCUT2D eigenvalue weighted by atomic mass is 10.1. The molecule has 0 aliphatic carbocycles. The fraction of sp³-hybridized carbons (Fsp3) is 0.450. The van der Waals surface area contributed by atoms with Gasteiger partial charge < -0.3 is 24.9 Å². The van der Waals surface area contributed by atoms with Crippen molar-refractivity contribution in [2.24, 2.45) is 4.99 Å². The van der Waals surface area contributed by atoms with Crippen molar-refractivity contribution in [1.29, 1.82) is 0 Å². The van der Waals surface area contributed by atoms with Crippen LogP contribution in [0.3, 0.4) is 0 Å². The van der Waals surface area contributed by atoms with Gasteiger partial charge in [0, 0.05) is 19.5 Å². The first kappa shape index (κ1) is 25.2. The van der Waals surface area contributed by atoms with Gasteiger partial charge in [0.05, 0.1) is 18.9 Å². The lowest BCUT2D eigenvalue weighted by Gasteiger charge is -2.14. The van der Waals surface area contributed by atoms with E-state index in [1.54, 1.807) is 18.4 Å². The lowest BCUT2D eigenvalue weighted by molar-refractivity contribution is -0.0498. The summed E-state index contributed by atoms with van der Waals surface area (Å²) < 4.78 is 34.0. The Morgan fingerprint density at radius 2 is 1.90 bits per heavy atom. The van der Waals surface area contributed by atoms with E-state index >= 15 is 0 Å². The fourth-order valence-electron chi connectivity index (χ4n) is 2.47. The van der Waals surface area contributed by atoms with Crippen LogP contribution < -0.4 is 15.4 Å². The van der Waals surface area contributed by atoms with E-state index in [9.17, 15) is 13.9 Å². The SMILES string of the molecule is CCCCNC(=NCC(O)c1ccc(OC(F)F)cc1)NCCc1ccco1.I. The number of nitrogens with one attached hydrogen (secondary N) is 2. The van der Waals surface area contributed by atoms with Crippen molar-refractivity contribution in [3.8, 4) is 5.75 Å². The maximum absolute atomic E-state index is 12.2. The molecular formula is C20H28F2IN3O3. The molecular weight excluding hydrogens is 495 g/mol. The largest absolute Gasteiger partial charge is 0.469 e. The first-order chi connectivity index (χ1) is 13.6. The van der Waals surface area contributed by atoms with Crippen LogP contribution in [-0.2, 0) is 6.42 Å². The average molecular weight is 523 g/mol. The van der Waals surface area contributed by atoms with E-state index in [2.05, 4.69) is 27.3 Å². The normalized spacial score (nSPS) is 12.4. The summed E-state index contributed by atoms with van der Waals surface area (Å²) >= 11 is 0. The summed E-state index contributed by atoms with van der Waals surface area (Å²) in [5, 5.41) is 16.8. The number of aliphatic hydroxyl groups is 1. The highest BCUT2D eigenvalue weighted by Gasteiger charge is 2.10. The van der Waals surface area contributed by atoms with Gasteiger partial charge in [-0.15, -0.1) is 24.0 Å². The number of benzene rings is 1. The first-order valence-electron chi connectivity index (χ1n) is 9.36. The van der Waals surface area contributed by atoms with Gasteiger partial charge in [-0.1, -0.05) is 25.5 Å². The molecule has 1 heterocycles. The molecule has 0 aliphatic rings. The molecule has 2 rings (SSSR count). The molecule has 0 amide bonds. The number of nitrogens with zero attached hydrogens (tertiary/aromatic N) is 1. The van der Waals surface area contributed by atoms with Crippen LogP contribution in [0.4, 0.5) is 8.78 Å². The predicted molar refractivity (Wildman–Crippen MR) is 119 cm³/mol. The number of ether oxygens (including phenoxy) is 1. The van der Waals surface area contributed by atoms with Crippen LogP contribution in [0.2, 0.25) is 0 Å². The molecule has 1 unspecified atom stereocenters. The van der Waals surface area contributed by atoms with Gasteiger partial charge in [-0.25, -0.2) is 0 Å². The third-order valence-electron chi connectivity index (χ3n) is 3.98. The number of alkyl halides is 2. The Balaban J connectivity index is 0.00000420. The van der Waals surface area contributed by atoms with E-state index in [4.69, 9.17) is 4.42 Å². The molecule has 2 aromatic rings. The molecule has 3 N–H and O–H groups in total. The number of rotatable bonds is 11. The monoisotopic (exact) mass is 523 g/mol. The molecule has 162 valence electrons. The molecule has 1 aromatic heterocycles. The molecule has 1 atom stereocenters. The zero-order valence-electron chi connectivity index (χ0n) is 16.3. The Bertz CT molecular complexity index is 698. The van der Waals surface area contributed by atoms with Crippen LogP contribution in [0, 0.1) is 0 Å². The van der Waals surface area contributed by atoms with Crippen molar-refractivity contribution in [1.82, 2.24) is 10.6 Å². The summed E-state index contributed by atoms with van der Waals surface area (Å²) in [6, 6.07) is 9.65. The van der Waals surface area contributed by atoms with Crippen molar-refractivity contribution < 1.29 is 23.0 Å². The third-order valence-corrected chi connectivity index (χ3v) is 3.98. The minimum absolute atomic E-state index is 0. The Morgan fingerprint density at radius 3 is 2.52 bits per heavy atom. The Kier molecular flexibility index (Phi) is 12.3. The average Bonchev–Trinajstić information content (AvgIpc) is 3.19. The van der Waals surface area contributed by atoms with Crippen molar-refractivity contribution in [3.05, 3.63) is 54.0 Å². The summed E-state index contributed by atoms with van der Waals surface area (Å²) in [6.07, 6.45) is 3.57. The van der Waals surface area contributed by atoms with Gasteiger partial charge in [0.1, 0.15) is 11.5 Å². The minimum Gasteiger partial charge on any atom is -0.469 e. The number of halogens is 3. The summed E-state index contributed by atoms with van der Waals surface area (Å²) in [6.45, 7) is 0.787. The third kappa shape index (κ3) is 9.93. The van der Waals surface area contributed by atoms with Gasteiger partial charge in [0.15, 0.2) is 5.96 Å². The van der Waals surface area contributed by atoms with Gasteiger partial charge >= 0.3 is 6.61 Å². The molecule has 0 saturated carbocycles. The molecule has 0 saturated heterocycles. The second-order valence-corrected chi connectivity index (χ2v) is 6.19. The molecule has 0 aliphatic heterocycles. The minimum atomic E-state index is -2.87. The zero-order chi connectivity index (χ0) is 20.2. The fourth-order valence-corrected chi connectivity index (χ4v) is 2.47. The van der Waals surface area contributed by atoms with Crippen LogP contribution in [0.25, 0.3) is 0 Å². The van der Waals surface area contributed by atoms with Gasteiger partial charge in [0.25, 0.3) is 0 Å². The summed E-state index contributed by atoms with van der Waals surface area (Å²) in [5.41, 5.74) is 0.578. The highest BCUT2D eigenvalue weighted by Crippen LogP contribution is 2.19. The van der Waals surface area contributed by atoms with Crippen LogP contribution >= 0.6 is 24.0 Å².